The zero-order valence-electron chi connectivity index (χ0n) is 14.0. The molecule has 0 aliphatic carbocycles. The second kappa shape index (κ2) is 8.68. The van der Waals surface area contributed by atoms with E-state index in [1.165, 1.54) is 6.20 Å². The van der Waals surface area contributed by atoms with Gasteiger partial charge in [-0.2, -0.15) is 0 Å². The summed E-state index contributed by atoms with van der Waals surface area (Å²) in [5.74, 6) is 0.279. The van der Waals surface area contributed by atoms with Crippen LogP contribution in [0.2, 0.25) is 10.0 Å². The van der Waals surface area contributed by atoms with Gasteiger partial charge in [-0.05, 0) is 12.1 Å². The van der Waals surface area contributed by atoms with E-state index in [9.17, 15) is 9.90 Å². The zero-order chi connectivity index (χ0) is 18.5. The lowest BCUT2D eigenvalue weighted by molar-refractivity contribution is 0.0302. The number of aliphatic hydroxyl groups excluding tert-OH is 1. The summed E-state index contributed by atoms with van der Waals surface area (Å²) in [6.07, 6.45) is 0.671. The fourth-order valence-electron chi connectivity index (χ4n) is 2.68. The molecule has 0 spiro atoms. The molecule has 3 rings (SSSR count). The predicted octanol–water partition coefficient (Wildman–Crippen LogP) is 3.01. The fraction of sp³-hybridized carbons (Fsp3) is 0.333. The minimum absolute atomic E-state index is 0.120. The highest BCUT2D eigenvalue weighted by molar-refractivity contribution is 6.33. The van der Waals surface area contributed by atoms with Gasteiger partial charge in [-0.1, -0.05) is 41.4 Å². The Bertz CT molecular complexity index is 782. The van der Waals surface area contributed by atoms with E-state index in [1.807, 2.05) is 6.07 Å². The molecular formula is C18H19Cl2N3O3. The molecule has 1 aliphatic heterocycles. The van der Waals surface area contributed by atoms with Crippen molar-refractivity contribution < 1.29 is 14.6 Å². The van der Waals surface area contributed by atoms with E-state index in [0.29, 0.717) is 53.3 Å². The smallest absolute Gasteiger partial charge is 0.255 e. The molecule has 8 heteroatoms. The SMILES string of the molecule is O=C(c1cnc(NCC(O)c2ccccc2Cl)c(Cl)c1)N1CCOCC1. The molecule has 6 nitrogen and oxygen atoms in total. The average molecular weight is 396 g/mol. The number of nitrogens with one attached hydrogen (secondary N) is 1. The average Bonchev–Trinajstić information content (AvgIpc) is 2.67. The van der Waals surface area contributed by atoms with Crippen LogP contribution in [0.25, 0.3) is 0 Å². The lowest BCUT2D eigenvalue weighted by Gasteiger charge is -2.26. The molecule has 1 atom stereocenters. The first-order chi connectivity index (χ1) is 12.6. The molecule has 26 heavy (non-hydrogen) atoms. The quantitative estimate of drug-likeness (QED) is 0.813. The van der Waals surface area contributed by atoms with Gasteiger partial charge < -0.3 is 20.1 Å². The van der Waals surface area contributed by atoms with Crippen LogP contribution in [0.5, 0.6) is 0 Å². The Morgan fingerprint density at radius 3 is 2.69 bits per heavy atom. The van der Waals surface area contributed by atoms with Crippen molar-refractivity contribution in [3.8, 4) is 0 Å². The largest absolute Gasteiger partial charge is 0.387 e. The van der Waals surface area contributed by atoms with Crippen LogP contribution in [0.1, 0.15) is 22.0 Å². The molecule has 138 valence electrons. The number of aromatic nitrogens is 1. The molecule has 1 fully saturated rings. The second-order valence-corrected chi connectivity index (χ2v) is 6.69. The predicted molar refractivity (Wildman–Crippen MR) is 101 cm³/mol. The Morgan fingerprint density at radius 1 is 1.27 bits per heavy atom. The minimum atomic E-state index is -0.809. The number of anilines is 1. The van der Waals surface area contributed by atoms with Gasteiger partial charge in [0.15, 0.2) is 0 Å². The third-order valence-electron chi connectivity index (χ3n) is 4.11. The number of morpholine rings is 1. The third-order valence-corrected chi connectivity index (χ3v) is 4.75. The molecule has 2 heterocycles. The van der Waals surface area contributed by atoms with Crippen LogP contribution in [0.3, 0.4) is 0 Å². The summed E-state index contributed by atoms with van der Waals surface area (Å²) >= 11 is 12.3. The van der Waals surface area contributed by atoms with E-state index in [1.54, 1.807) is 29.2 Å². The van der Waals surface area contributed by atoms with Crippen molar-refractivity contribution in [3.05, 3.63) is 57.7 Å². The summed E-state index contributed by atoms with van der Waals surface area (Å²) in [6.45, 7) is 2.37. The van der Waals surface area contributed by atoms with Crippen LogP contribution in [0.4, 0.5) is 5.82 Å². The number of halogens is 2. The Kier molecular flexibility index (Phi) is 6.32. The maximum atomic E-state index is 12.4. The molecule has 1 aromatic carbocycles. The van der Waals surface area contributed by atoms with Gasteiger partial charge in [-0.25, -0.2) is 4.98 Å². The number of pyridine rings is 1. The number of hydrogen-bond acceptors (Lipinski definition) is 5. The highest BCUT2D eigenvalue weighted by atomic mass is 35.5. The number of amides is 1. The van der Waals surface area contributed by atoms with E-state index in [2.05, 4.69) is 10.3 Å². The maximum absolute atomic E-state index is 12.4. The first kappa shape index (κ1) is 18.9. The van der Waals surface area contributed by atoms with Gasteiger partial charge in [0.1, 0.15) is 5.82 Å². The number of aliphatic hydroxyl groups is 1. The van der Waals surface area contributed by atoms with Crippen LogP contribution in [-0.4, -0.2) is 53.7 Å². The van der Waals surface area contributed by atoms with Gasteiger partial charge in [-0.3, -0.25) is 4.79 Å². The molecule has 1 amide bonds. The van der Waals surface area contributed by atoms with Crippen molar-refractivity contribution in [1.82, 2.24) is 9.88 Å². The van der Waals surface area contributed by atoms with E-state index in [-0.39, 0.29) is 12.5 Å². The van der Waals surface area contributed by atoms with Crippen molar-refractivity contribution in [1.29, 1.82) is 0 Å². The zero-order valence-corrected chi connectivity index (χ0v) is 15.5. The normalized spacial score (nSPS) is 15.6. The molecule has 2 aromatic rings. The molecule has 2 N–H and O–H groups in total. The first-order valence-electron chi connectivity index (χ1n) is 8.25. The van der Waals surface area contributed by atoms with Crippen LogP contribution in [-0.2, 0) is 4.74 Å². The van der Waals surface area contributed by atoms with Crippen molar-refractivity contribution in [2.24, 2.45) is 0 Å². The number of carbonyl (C=O) groups excluding carboxylic acids is 1. The monoisotopic (exact) mass is 395 g/mol. The highest BCUT2D eigenvalue weighted by Gasteiger charge is 2.20. The number of hydrogen-bond donors (Lipinski definition) is 2. The summed E-state index contributed by atoms with van der Waals surface area (Å²) < 4.78 is 5.25. The summed E-state index contributed by atoms with van der Waals surface area (Å²) in [5, 5.41) is 14.1. The number of ether oxygens (including phenoxy) is 1. The lowest BCUT2D eigenvalue weighted by Crippen LogP contribution is -2.40. The van der Waals surface area contributed by atoms with Crippen molar-refractivity contribution >= 4 is 34.9 Å². The summed E-state index contributed by atoms with van der Waals surface area (Å²) in [6, 6.07) is 8.66. The van der Waals surface area contributed by atoms with E-state index in [4.69, 9.17) is 27.9 Å². The topological polar surface area (TPSA) is 74.7 Å². The summed E-state index contributed by atoms with van der Waals surface area (Å²) in [5.41, 5.74) is 1.05. The van der Waals surface area contributed by atoms with Gasteiger partial charge in [0, 0.05) is 36.4 Å². The Balaban J connectivity index is 1.64. The van der Waals surface area contributed by atoms with E-state index < -0.39 is 6.10 Å². The van der Waals surface area contributed by atoms with Crippen LogP contribution < -0.4 is 5.32 Å². The van der Waals surface area contributed by atoms with Crippen LogP contribution in [0.15, 0.2) is 36.5 Å². The molecule has 1 saturated heterocycles. The molecule has 0 radical (unpaired) electrons. The van der Waals surface area contributed by atoms with Crippen molar-refractivity contribution in [3.63, 3.8) is 0 Å². The van der Waals surface area contributed by atoms with Gasteiger partial charge >= 0.3 is 0 Å². The van der Waals surface area contributed by atoms with Gasteiger partial charge in [0.25, 0.3) is 5.91 Å². The third kappa shape index (κ3) is 4.45. The molecule has 1 unspecified atom stereocenters. The van der Waals surface area contributed by atoms with Gasteiger partial charge in [-0.15, -0.1) is 0 Å². The van der Waals surface area contributed by atoms with Crippen LogP contribution >= 0.6 is 23.2 Å². The maximum Gasteiger partial charge on any atom is 0.255 e. The van der Waals surface area contributed by atoms with Gasteiger partial charge in [0.05, 0.1) is 29.9 Å². The summed E-state index contributed by atoms with van der Waals surface area (Å²) in [4.78, 5) is 18.4. The number of benzene rings is 1. The Morgan fingerprint density at radius 2 is 2.00 bits per heavy atom. The van der Waals surface area contributed by atoms with Crippen molar-refractivity contribution in [2.45, 2.75) is 6.10 Å². The number of carbonyl (C=O) groups is 1. The summed E-state index contributed by atoms with van der Waals surface area (Å²) in [7, 11) is 0. The number of rotatable bonds is 5. The van der Waals surface area contributed by atoms with Gasteiger partial charge in [0.2, 0.25) is 0 Å². The number of nitrogens with zero attached hydrogens (tertiary/aromatic N) is 2. The van der Waals surface area contributed by atoms with E-state index in [0.717, 1.165) is 0 Å². The molecule has 1 aliphatic rings. The Hall–Kier alpha value is -1.86. The van der Waals surface area contributed by atoms with E-state index >= 15 is 0 Å². The van der Waals surface area contributed by atoms with Crippen molar-refractivity contribution in [2.75, 3.05) is 38.2 Å². The molecular weight excluding hydrogens is 377 g/mol. The molecule has 1 aromatic heterocycles. The lowest BCUT2D eigenvalue weighted by atomic mass is 10.1. The molecule has 0 saturated carbocycles. The fourth-order valence-corrected chi connectivity index (χ4v) is 3.18. The minimum Gasteiger partial charge on any atom is -0.387 e. The molecule has 0 bridgehead atoms. The standard InChI is InChI=1S/C18H19Cl2N3O3/c19-14-4-2-1-3-13(14)16(24)11-22-17-15(20)9-12(10-21-17)18(25)23-5-7-26-8-6-23/h1-4,9-10,16,24H,5-8,11H2,(H,21,22). The first-order valence-corrected chi connectivity index (χ1v) is 9.01. The Labute approximate surface area is 161 Å². The highest BCUT2D eigenvalue weighted by Crippen LogP contribution is 2.25. The van der Waals surface area contributed by atoms with Crippen LogP contribution in [0, 0.1) is 0 Å². The second-order valence-electron chi connectivity index (χ2n) is 5.88.